The van der Waals surface area contributed by atoms with E-state index in [2.05, 4.69) is 6.92 Å². The lowest BCUT2D eigenvalue weighted by Crippen LogP contribution is -2.25. The summed E-state index contributed by atoms with van der Waals surface area (Å²) in [4.78, 5) is 0. The number of halogens is 2. The van der Waals surface area contributed by atoms with Crippen LogP contribution in [0, 0.1) is 23.6 Å². The van der Waals surface area contributed by atoms with E-state index >= 15 is 0 Å². The second-order valence-corrected chi connectivity index (χ2v) is 8.22. The third kappa shape index (κ3) is 5.15. The van der Waals surface area contributed by atoms with Crippen molar-refractivity contribution in [3.05, 3.63) is 28.5 Å². The number of hydrogen-bond donors (Lipinski definition) is 0. The number of hydrogen-bond acceptors (Lipinski definition) is 1. The van der Waals surface area contributed by atoms with Gasteiger partial charge in [-0.1, -0.05) is 51.3 Å². The van der Waals surface area contributed by atoms with Crippen LogP contribution in [-0.2, 0) is 0 Å². The van der Waals surface area contributed by atoms with Crippen molar-refractivity contribution in [2.24, 2.45) is 17.8 Å². The standard InChI is InChI=1S/C21H30ClFO.C2H6/c1-3-24-19-13-12-18(21(23)20(19)22)17-10-8-16(9-11-17)15-6-4-14(2)5-7-15;1-2/h12-17H,3-11H2,1-2H3;1-2H3. The topological polar surface area (TPSA) is 9.23 Å². The molecule has 0 radical (unpaired) electrons. The van der Waals surface area contributed by atoms with Gasteiger partial charge in [-0.3, -0.25) is 0 Å². The number of benzene rings is 1. The van der Waals surface area contributed by atoms with Crippen LogP contribution in [0.15, 0.2) is 12.1 Å². The average Bonchev–Trinajstić information content (AvgIpc) is 2.68. The fraction of sp³-hybridized carbons (Fsp3) is 0.739. The molecular formula is C23H36ClFO. The quantitative estimate of drug-likeness (QED) is 0.512. The van der Waals surface area contributed by atoms with Crippen molar-refractivity contribution in [2.75, 3.05) is 6.61 Å². The van der Waals surface area contributed by atoms with Gasteiger partial charge in [0.2, 0.25) is 0 Å². The summed E-state index contributed by atoms with van der Waals surface area (Å²) in [6.07, 6.45) is 10.3. The van der Waals surface area contributed by atoms with Gasteiger partial charge in [-0.2, -0.15) is 0 Å². The summed E-state index contributed by atoms with van der Waals surface area (Å²) in [5.74, 6) is 3.20. The Balaban J connectivity index is 0.00000117. The summed E-state index contributed by atoms with van der Waals surface area (Å²) in [7, 11) is 0. The molecule has 2 saturated carbocycles. The van der Waals surface area contributed by atoms with Crippen molar-refractivity contribution in [3.8, 4) is 5.75 Å². The van der Waals surface area contributed by atoms with Gasteiger partial charge in [0, 0.05) is 0 Å². The minimum absolute atomic E-state index is 0.151. The predicted octanol–water partition coefficient (Wildman–Crippen LogP) is 8.00. The predicted molar refractivity (Wildman–Crippen MR) is 110 cm³/mol. The van der Waals surface area contributed by atoms with E-state index in [1.165, 1.54) is 38.5 Å². The molecule has 2 aliphatic carbocycles. The Morgan fingerprint density at radius 1 is 0.962 bits per heavy atom. The molecule has 0 amide bonds. The normalized spacial score (nSPS) is 28.8. The maximum absolute atomic E-state index is 14.7. The van der Waals surface area contributed by atoms with Crippen LogP contribution in [0.25, 0.3) is 0 Å². The van der Waals surface area contributed by atoms with E-state index < -0.39 is 0 Å². The molecule has 2 fully saturated rings. The summed E-state index contributed by atoms with van der Waals surface area (Å²) < 4.78 is 20.0. The van der Waals surface area contributed by atoms with Crippen LogP contribution >= 0.6 is 11.6 Å². The average molecular weight is 383 g/mol. The Hall–Kier alpha value is -0.760. The molecule has 0 unspecified atom stereocenters. The lowest BCUT2D eigenvalue weighted by Gasteiger charge is -2.37. The molecule has 1 aromatic rings. The van der Waals surface area contributed by atoms with E-state index in [-0.39, 0.29) is 10.8 Å². The fourth-order valence-corrected chi connectivity index (χ4v) is 5.01. The minimum atomic E-state index is -0.266. The summed E-state index contributed by atoms with van der Waals surface area (Å²) in [5.41, 5.74) is 0.791. The Morgan fingerprint density at radius 3 is 2.04 bits per heavy atom. The van der Waals surface area contributed by atoms with Gasteiger partial charge in [-0.25, -0.2) is 4.39 Å². The van der Waals surface area contributed by atoms with Crippen molar-refractivity contribution < 1.29 is 9.13 Å². The fourth-order valence-electron chi connectivity index (χ4n) is 4.79. The van der Waals surface area contributed by atoms with Gasteiger partial charge in [-0.05, 0) is 80.8 Å². The van der Waals surface area contributed by atoms with Gasteiger partial charge < -0.3 is 4.74 Å². The summed E-state index contributed by atoms with van der Waals surface area (Å²) in [6, 6.07) is 3.72. The molecular weight excluding hydrogens is 347 g/mol. The highest BCUT2D eigenvalue weighted by Crippen LogP contribution is 2.45. The zero-order chi connectivity index (χ0) is 19.1. The van der Waals surface area contributed by atoms with E-state index in [9.17, 15) is 4.39 Å². The third-order valence-corrected chi connectivity index (χ3v) is 6.67. The highest BCUT2D eigenvalue weighted by Gasteiger charge is 2.31. The first-order valence-electron chi connectivity index (χ1n) is 10.7. The summed E-state index contributed by atoms with van der Waals surface area (Å²) >= 11 is 6.16. The maximum Gasteiger partial charge on any atom is 0.149 e. The molecule has 148 valence electrons. The summed E-state index contributed by atoms with van der Waals surface area (Å²) in [5, 5.41) is 0.151. The lowest BCUT2D eigenvalue weighted by atomic mass is 9.68. The molecule has 0 atom stereocenters. The van der Waals surface area contributed by atoms with E-state index in [1.807, 2.05) is 32.9 Å². The second kappa shape index (κ2) is 10.5. The van der Waals surface area contributed by atoms with Crippen LogP contribution in [0.1, 0.15) is 90.5 Å². The van der Waals surface area contributed by atoms with E-state index in [1.54, 1.807) is 0 Å². The maximum atomic E-state index is 14.7. The van der Waals surface area contributed by atoms with Crippen LogP contribution in [-0.4, -0.2) is 6.61 Å². The van der Waals surface area contributed by atoms with Gasteiger partial charge in [0.05, 0.1) is 6.61 Å². The van der Waals surface area contributed by atoms with E-state index in [0.29, 0.717) is 18.3 Å². The zero-order valence-electron chi connectivity index (χ0n) is 17.0. The van der Waals surface area contributed by atoms with Crippen LogP contribution in [0.3, 0.4) is 0 Å². The first-order valence-corrected chi connectivity index (χ1v) is 11.1. The molecule has 0 aliphatic heterocycles. The molecule has 3 rings (SSSR count). The Morgan fingerprint density at radius 2 is 1.50 bits per heavy atom. The minimum Gasteiger partial charge on any atom is -0.492 e. The van der Waals surface area contributed by atoms with Crippen LogP contribution in [0.4, 0.5) is 4.39 Å². The van der Waals surface area contributed by atoms with Gasteiger partial charge in [0.15, 0.2) is 0 Å². The van der Waals surface area contributed by atoms with Crippen LogP contribution < -0.4 is 4.74 Å². The summed E-state index contributed by atoms with van der Waals surface area (Å²) in [6.45, 7) is 8.77. The first kappa shape index (κ1) is 21.5. The zero-order valence-corrected chi connectivity index (χ0v) is 17.7. The highest BCUT2D eigenvalue weighted by atomic mass is 35.5. The van der Waals surface area contributed by atoms with Crippen LogP contribution in [0.2, 0.25) is 5.02 Å². The lowest BCUT2D eigenvalue weighted by molar-refractivity contribution is 0.164. The van der Waals surface area contributed by atoms with E-state index in [4.69, 9.17) is 16.3 Å². The molecule has 0 heterocycles. The highest BCUT2D eigenvalue weighted by molar-refractivity contribution is 6.32. The monoisotopic (exact) mass is 382 g/mol. The largest absolute Gasteiger partial charge is 0.492 e. The number of ether oxygens (including phenoxy) is 1. The second-order valence-electron chi connectivity index (χ2n) is 7.85. The molecule has 1 aromatic carbocycles. The molecule has 2 aliphatic rings. The molecule has 0 saturated heterocycles. The van der Waals surface area contributed by atoms with Crippen molar-refractivity contribution in [2.45, 2.75) is 85.0 Å². The molecule has 1 nitrogen and oxygen atoms in total. The third-order valence-electron chi connectivity index (χ3n) is 6.32. The van der Waals surface area contributed by atoms with E-state index in [0.717, 1.165) is 36.2 Å². The van der Waals surface area contributed by atoms with Crippen molar-refractivity contribution in [1.29, 1.82) is 0 Å². The van der Waals surface area contributed by atoms with Crippen molar-refractivity contribution >= 4 is 11.6 Å². The Labute approximate surface area is 164 Å². The molecule has 0 bridgehead atoms. The molecule has 0 N–H and O–H groups in total. The Bertz CT molecular complexity index is 543. The Kier molecular flexibility index (Phi) is 8.73. The van der Waals surface area contributed by atoms with Gasteiger partial charge in [0.25, 0.3) is 0 Å². The van der Waals surface area contributed by atoms with Crippen molar-refractivity contribution in [1.82, 2.24) is 0 Å². The SMILES string of the molecule is CC.CCOc1ccc(C2CCC(C3CCC(C)CC3)CC2)c(F)c1Cl. The van der Waals surface area contributed by atoms with Crippen molar-refractivity contribution in [3.63, 3.8) is 0 Å². The molecule has 3 heteroatoms. The van der Waals surface area contributed by atoms with Gasteiger partial charge in [-0.15, -0.1) is 0 Å². The number of rotatable bonds is 4. The van der Waals surface area contributed by atoms with Gasteiger partial charge >= 0.3 is 0 Å². The van der Waals surface area contributed by atoms with Gasteiger partial charge in [0.1, 0.15) is 16.6 Å². The smallest absolute Gasteiger partial charge is 0.149 e. The molecule has 0 aromatic heterocycles. The molecule has 0 spiro atoms. The molecule has 26 heavy (non-hydrogen) atoms. The first-order chi connectivity index (χ1) is 12.6. The van der Waals surface area contributed by atoms with Crippen LogP contribution in [0.5, 0.6) is 5.75 Å².